The van der Waals surface area contributed by atoms with E-state index in [-0.39, 0.29) is 12.5 Å². The second kappa shape index (κ2) is 6.73. The van der Waals surface area contributed by atoms with E-state index in [0.29, 0.717) is 17.7 Å². The molecule has 0 bridgehead atoms. The van der Waals surface area contributed by atoms with Crippen LogP contribution < -0.4 is 11.1 Å². The molecular weight excluding hydrogens is 264 g/mol. The Balaban J connectivity index is 2.15. The Labute approximate surface area is 124 Å². The van der Waals surface area contributed by atoms with Gasteiger partial charge in [-0.3, -0.25) is 9.48 Å². The Kier molecular flexibility index (Phi) is 4.75. The van der Waals surface area contributed by atoms with Crippen molar-refractivity contribution in [3.63, 3.8) is 0 Å². The third-order valence-corrected chi connectivity index (χ3v) is 2.96. The van der Waals surface area contributed by atoms with Crippen molar-refractivity contribution in [1.29, 1.82) is 0 Å². The Morgan fingerprint density at radius 1 is 1.48 bits per heavy atom. The summed E-state index contributed by atoms with van der Waals surface area (Å²) in [6.45, 7) is 2.65. The van der Waals surface area contributed by atoms with Gasteiger partial charge in [-0.1, -0.05) is 23.5 Å². The first-order valence-corrected chi connectivity index (χ1v) is 6.65. The molecule has 3 N–H and O–H groups in total. The fourth-order valence-electron chi connectivity index (χ4n) is 1.94. The molecule has 0 unspecified atom stereocenters. The lowest BCUT2D eigenvalue weighted by atomic mass is 10.0. The lowest BCUT2D eigenvalue weighted by molar-refractivity contribution is 0.0950. The van der Waals surface area contributed by atoms with Crippen LogP contribution in [0.3, 0.4) is 0 Å². The number of nitrogens with one attached hydrogen (secondary N) is 1. The monoisotopic (exact) mass is 282 g/mol. The van der Waals surface area contributed by atoms with Crippen LogP contribution in [0.15, 0.2) is 30.6 Å². The Morgan fingerprint density at radius 3 is 2.95 bits per heavy atom. The molecule has 21 heavy (non-hydrogen) atoms. The molecule has 0 atom stereocenters. The number of benzene rings is 1. The predicted molar refractivity (Wildman–Crippen MR) is 81.5 cm³/mol. The molecule has 0 fully saturated rings. The van der Waals surface area contributed by atoms with Gasteiger partial charge in [-0.05, 0) is 19.1 Å². The molecule has 1 amide bonds. The largest absolute Gasteiger partial charge is 0.348 e. The van der Waals surface area contributed by atoms with Crippen LogP contribution in [0.4, 0.5) is 0 Å². The van der Waals surface area contributed by atoms with E-state index in [1.807, 2.05) is 38.4 Å². The number of nitrogens with two attached hydrogens (primary N) is 1. The fraction of sp³-hybridized carbons (Fsp3) is 0.250. The van der Waals surface area contributed by atoms with E-state index in [4.69, 9.17) is 5.73 Å². The minimum Gasteiger partial charge on any atom is -0.348 e. The first-order chi connectivity index (χ1) is 10.1. The summed E-state index contributed by atoms with van der Waals surface area (Å²) in [4.78, 5) is 12.3. The minimum absolute atomic E-state index is 0.149. The van der Waals surface area contributed by atoms with E-state index in [1.165, 1.54) is 0 Å². The van der Waals surface area contributed by atoms with E-state index in [1.54, 1.807) is 10.9 Å². The van der Waals surface area contributed by atoms with Crippen molar-refractivity contribution in [2.45, 2.75) is 13.5 Å². The van der Waals surface area contributed by atoms with Gasteiger partial charge in [0.25, 0.3) is 5.91 Å². The van der Waals surface area contributed by atoms with Crippen molar-refractivity contribution in [2.75, 3.05) is 6.54 Å². The summed E-state index contributed by atoms with van der Waals surface area (Å²) in [6, 6.07) is 5.61. The molecule has 2 aromatic rings. The second-order valence-corrected chi connectivity index (χ2v) is 4.76. The first kappa shape index (κ1) is 14.8. The lowest BCUT2D eigenvalue weighted by Gasteiger charge is -2.07. The molecule has 0 spiro atoms. The molecule has 0 radical (unpaired) electrons. The van der Waals surface area contributed by atoms with Gasteiger partial charge in [-0.2, -0.15) is 5.10 Å². The molecule has 0 aliphatic heterocycles. The SMILES string of the molecule is Cc1ccc(C#CCN)c(C(=O)NCc2cnn(C)c2)c1. The van der Waals surface area contributed by atoms with Crippen molar-refractivity contribution in [3.8, 4) is 11.8 Å². The zero-order chi connectivity index (χ0) is 15.2. The Hall–Kier alpha value is -2.58. The smallest absolute Gasteiger partial charge is 0.252 e. The average Bonchev–Trinajstić information content (AvgIpc) is 2.89. The first-order valence-electron chi connectivity index (χ1n) is 6.65. The van der Waals surface area contributed by atoms with Crippen LogP contribution >= 0.6 is 0 Å². The molecule has 1 aromatic heterocycles. The molecule has 0 aliphatic carbocycles. The molecule has 5 nitrogen and oxygen atoms in total. The summed E-state index contributed by atoms with van der Waals surface area (Å²) in [5.41, 5.74) is 8.61. The normalized spacial score (nSPS) is 9.86. The summed E-state index contributed by atoms with van der Waals surface area (Å²) in [7, 11) is 1.84. The molecule has 1 heterocycles. The summed E-state index contributed by atoms with van der Waals surface area (Å²) in [5, 5.41) is 6.95. The maximum absolute atomic E-state index is 12.3. The van der Waals surface area contributed by atoms with Crippen LogP contribution in [-0.4, -0.2) is 22.2 Å². The Morgan fingerprint density at radius 2 is 2.29 bits per heavy atom. The van der Waals surface area contributed by atoms with Crippen molar-refractivity contribution < 1.29 is 4.79 Å². The number of hydrogen-bond donors (Lipinski definition) is 2. The minimum atomic E-state index is -0.149. The standard InChI is InChI=1S/C16H18N4O/c1-12-5-6-14(4-3-7-17)15(8-12)16(21)18-9-13-10-19-20(2)11-13/h5-6,8,10-11H,7,9,17H2,1-2H3,(H,18,21). The van der Waals surface area contributed by atoms with Gasteiger partial charge in [0, 0.05) is 30.9 Å². The number of aromatic nitrogens is 2. The van der Waals surface area contributed by atoms with E-state index in [2.05, 4.69) is 22.3 Å². The van der Waals surface area contributed by atoms with E-state index < -0.39 is 0 Å². The quantitative estimate of drug-likeness (QED) is 0.824. The second-order valence-electron chi connectivity index (χ2n) is 4.76. The topological polar surface area (TPSA) is 72.9 Å². The van der Waals surface area contributed by atoms with Gasteiger partial charge in [-0.15, -0.1) is 0 Å². The van der Waals surface area contributed by atoms with Gasteiger partial charge in [0.2, 0.25) is 0 Å². The highest BCUT2D eigenvalue weighted by Gasteiger charge is 2.10. The highest BCUT2D eigenvalue weighted by atomic mass is 16.1. The van der Waals surface area contributed by atoms with Gasteiger partial charge in [0.05, 0.1) is 18.3 Å². The van der Waals surface area contributed by atoms with Gasteiger partial charge < -0.3 is 11.1 Å². The number of carbonyl (C=O) groups excluding carboxylic acids is 1. The van der Waals surface area contributed by atoms with Crippen LogP contribution in [0.2, 0.25) is 0 Å². The van der Waals surface area contributed by atoms with Crippen LogP contribution in [0.25, 0.3) is 0 Å². The van der Waals surface area contributed by atoms with E-state index in [0.717, 1.165) is 11.1 Å². The van der Waals surface area contributed by atoms with Gasteiger partial charge in [0.1, 0.15) is 0 Å². The summed E-state index contributed by atoms with van der Waals surface area (Å²) >= 11 is 0. The average molecular weight is 282 g/mol. The highest BCUT2D eigenvalue weighted by molar-refractivity contribution is 5.96. The van der Waals surface area contributed by atoms with Crippen molar-refractivity contribution in [3.05, 3.63) is 52.8 Å². The number of amides is 1. The number of rotatable bonds is 3. The fourth-order valence-corrected chi connectivity index (χ4v) is 1.94. The van der Waals surface area contributed by atoms with Gasteiger partial charge >= 0.3 is 0 Å². The van der Waals surface area contributed by atoms with Crippen LogP contribution in [0.1, 0.15) is 27.0 Å². The number of hydrogen-bond acceptors (Lipinski definition) is 3. The molecule has 108 valence electrons. The van der Waals surface area contributed by atoms with Gasteiger partial charge in [-0.25, -0.2) is 0 Å². The van der Waals surface area contributed by atoms with Crippen molar-refractivity contribution in [1.82, 2.24) is 15.1 Å². The number of aryl methyl sites for hydroxylation is 2. The molecule has 2 rings (SSSR count). The highest BCUT2D eigenvalue weighted by Crippen LogP contribution is 2.11. The molecule has 0 saturated heterocycles. The van der Waals surface area contributed by atoms with Crippen LogP contribution in [0, 0.1) is 18.8 Å². The third-order valence-electron chi connectivity index (χ3n) is 2.96. The zero-order valence-electron chi connectivity index (χ0n) is 12.2. The third kappa shape index (κ3) is 3.94. The molecule has 1 aromatic carbocycles. The number of carbonyl (C=O) groups is 1. The molecule has 5 heteroatoms. The Bertz CT molecular complexity index is 707. The zero-order valence-corrected chi connectivity index (χ0v) is 12.2. The van der Waals surface area contributed by atoms with Crippen LogP contribution in [0.5, 0.6) is 0 Å². The van der Waals surface area contributed by atoms with Crippen molar-refractivity contribution >= 4 is 5.91 Å². The maximum Gasteiger partial charge on any atom is 0.252 e. The molecular formula is C16H18N4O. The van der Waals surface area contributed by atoms with E-state index in [9.17, 15) is 4.79 Å². The molecule has 0 saturated carbocycles. The van der Waals surface area contributed by atoms with Gasteiger partial charge in [0.15, 0.2) is 0 Å². The summed E-state index contributed by atoms with van der Waals surface area (Å²) < 4.78 is 1.70. The lowest BCUT2D eigenvalue weighted by Crippen LogP contribution is -2.23. The number of nitrogens with zero attached hydrogens (tertiary/aromatic N) is 2. The van der Waals surface area contributed by atoms with E-state index >= 15 is 0 Å². The predicted octanol–water partition coefficient (Wildman–Crippen LogP) is 0.969. The summed E-state index contributed by atoms with van der Waals surface area (Å²) in [5.74, 6) is 5.56. The molecule has 0 aliphatic rings. The maximum atomic E-state index is 12.3. The van der Waals surface area contributed by atoms with Crippen LogP contribution in [-0.2, 0) is 13.6 Å². The van der Waals surface area contributed by atoms with Crippen molar-refractivity contribution in [2.24, 2.45) is 12.8 Å². The summed E-state index contributed by atoms with van der Waals surface area (Å²) in [6.07, 6.45) is 3.59.